The van der Waals surface area contributed by atoms with Crippen molar-refractivity contribution in [3.63, 3.8) is 0 Å². The van der Waals surface area contributed by atoms with Crippen LogP contribution in [0.15, 0.2) is 0 Å². The molecule has 0 aromatic heterocycles. The van der Waals surface area contributed by atoms with Crippen molar-refractivity contribution < 1.29 is 14.3 Å². The number of hydrogen-bond donors (Lipinski definition) is 0. The lowest BCUT2D eigenvalue weighted by Crippen LogP contribution is -2.33. The van der Waals surface area contributed by atoms with Crippen LogP contribution in [0.5, 0.6) is 0 Å². The molecule has 104 valence electrons. The van der Waals surface area contributed by atoms with Gasteiger partial charge >= 0.3 is 5.97 Å². The first-order valence-corrected chi connectivity index (χ1v) is 7.04. The van der Waals surface area contributed by atoms with E-state index in [1.54, 1.807) is 0 Å². The van der Waals surface area contributed by atoms with Gasteiger partial charge in [0, 0.05) is 12.3 Å². The molecular formula is C15H26O3. The summed E-state index contributed by atoms with van der Waals surface area (Å²) < 4.78 is 4.80. The van der Waals surface area contributed by atoms with E-state index >= 15 is 0 Å². The van der Waals surface area contributed by atoms with Crippen LogP contribution in [0.2, 0.25) is 0 Å². The molecule has 0 saturated heterocycles. The Hall–Kier alpha value is -0.860. The van der Waals surface area contributed by atoms with E-state index in [0.29, 0.717) is 12.2 Å². The first-order valence-electron chi connectivity index (χ1n) is 7.04. The summed E-state index contributed by atoms with van der Waals surface area (Å²) in [6, 6.07) is 0. The molecule has 3 heteroatoms. The van der Waals surface area contributed by atoms with Gasteiger partial charge in [0.2, 0.25) is 0 Å². The number of esters is 1. The van der Waals surface area contributed by atoms with Crippen LogP contribution in [0.1, 0.15) is 59.3 Å². The Morgan fingerprint density at radius 1 is 1.28 bits per heavy atom. The molecule has 1 aliphatic carbocycles. The summed E-state index contributed by atoms with van der Waals surface area (Å²) in [6.45, 7) is 6.09. The minimum absolute atomic E-state index is 0.0452. The van der Waals surface area contributed by atoms with Crippen LogP contribution in [-0.2, 0) is 14.3 Å². The lowest BCUT2D eigenvalue weighted by atomic mass is 9.66. The predicted molar refractivity (Wildman–Crippen MR) is 71.2 cm³/mol. The maximum Gasteiger partial charge on any atom is 0.308 e. The Kier molecular flexibility index (Phi) is 5.36. The van der Waals surface area contributed by atoms with Crippen molar-refractivity contribution in [3.05, 3.63) is 0 Å². The molecule has 1 fully saturated rings. The molecule has 0 amide bonds. The van der Waals surface area contributed by atoms with E-state index in [-0.39, 0.29) is 23.2 Å². The van der Waals surface area contributed by atoms with Crippen molar-refractivity contribution in [2.24, 2.45) is 17.3 Å². The fourth-order valence-corrected chi connectivity index (χ4v) is 2.86. The zero-order chi connectivity index (χ0) is 13.8. The molecule has 0 heterocycles. The maximum absolute atomic E-state index is 12.0. The van der Waals surface area contributed by atoms with Gasteiger partial charge in [-0.15, -0.1) is 0 Å². The number of carbonyl (C=O) groups excluding carboxylic acids is 2. The maximum atomic E-state index is 12.0. The molecule has 0 aromatic carbocycles. The molecule has 0 atom stereocenters. The van der Waals surface area contributed by atoms with Gasteiger partial charge in [0.25, 0.3) is 0 Å². The summed E-state index contributed by atoms with van der Waals surface area (Å²) in [7, 11) is 1.45. The Morgan fingerprint density at radius 2 is 1.83 bits per heavy atom. The minimum atomic E-state index is -0.0881. The van der Waals surface area contributed by atoms with E-state index in [4.69, 9.17) is 4.74 Å². The van der Waals surface area contributed by atoms with Crippen molar-refractivity contribution in [2.45, 2.75) is 59.3 Å². The van der Waals surface area contributed by atoms with Gasteiger partial charge in [-0.25, -0.2) is 0 Å². The molecule has 0 N–H and O–H groups in total. The van der Waals surface area contributed by atoms with Crippen LogP contribution < -0.4 is 0 Å². The zero-order valence-electron chi connectivity index (χ0n) is 12.1. The number of hydrogen-bond acceptors (Lipinski definition) is 3. The van der Waals surface area contributed by atoms with Crippen molar-refractivity contribution in [3.8, 4) is 0 Å². The molecule has 18 heavy (non-hydrogen) atoms. The highest BCUT2D eigenvalue weighted by atomic mass is 16.5. The average molecular weight is 254 g/mol. The van der Waals surface area contributed by atoms with Crippen LogP contribution in [0.25, 0.3) is 0 Å². The molecule has 0 aliphatic heterocycles. The Labute approximate surface area is 110 Å². The molecule has 0 radical (unpaired) electrons. The molecule has 0 unspecified atom stereocenters. The van der Waals surface area contributed by atoms with Gasteiger partial charge in [-0.1, -0.05) is 27.2 Å². The summed E-state index contributed by atoms with van der Waals surface area (Å²) in [5, 5.41) is 0. The summed E-state index contributed by atoms with van der Waals surface area (Å²) in [5.41, 5.74) is 0.131. The van der Waals surface area contributed by atoms with Gasteiger partial charge in [-0.3, -0.25) is 9.59 Å². The standard InChI is InChI=1S/C15H26O3/c1-5-15(10-13(16)11(2)3)8-6-12(7-9-15)14(17)18-4/h11-12H,5-10H2,1-4H3. The van der Waals surface area contributed by atoms with Crippen molar-refractivity contribution in [1.29, 1.82) is 0 Å². The van der Waals surface area contributed by atoms with Crippen LogP contribution >= 0.6 is 0 Å². The number of ketones is 1. The number of methoxy groups -OCH3 is 1. The molecule has 1 saturated carbocycles. The first kappa shape index (κ1) is 15.2. The van der Waals surface area contributed by atoms with E-state index in [1.165, 1.54) is 7.11 Å². The van der Waals surface area contributed by atoms with Crippen molar-refractivity contribution >= 4 is 11.8 Å². The molecule has 1 rings (SSSR count). The Bertz CT molecular complexity index is 299. The fraction of sp³-hybridized carbons (Fsp3) is 0.867. The van der Waals surface area contributed by atoms with E-state index in [9.17, 15) is 9.59 Å². The molecule has 1 aliphatic rings. The van der Waals surface area contributed by atoms with Gasteiger partial charge in [-0.05, 0) is 31.1 Å². The van der Waals surface area contributed by atoms with Gasteiger partial charge < -0.3 is 4.74 Å². The second-order valence-corrected chi connectivity index (χ2v) is 5.95. The van der Waals surface area contributed by atoms with E-state index in [2.05, 4.69) is 6.92 Å². The van der Waals surface area contributed by atoms with E-state index in [0.717, 1.165) is 32.1 Å². The van der Waals surface area contributed by atoms with Crippen molar-refractivity contribution in [1.82, 2.24) is 0 Å². The summed E-state index contributed by atoms with van der Waals surface area (Å²) in [4.78, 5) is 23.5. The van der Waals surface area contributed by atoms with Crippen LogP contribution in [-0.4, -0.2) is 18.9 Å². The molecule has 0 aromatic rings. The third-order valence-electron chi connectivity index (χ3n) is 4.52. The normalized spacial score (nSPS) is 28.2. The zero-order valence-corrected chi connectivity index (χ0v) is 12.1. The molecule has 0 spiro atoms. The Morgan fingerprint density at radius 3 is 2.22 bits per heavy atom. The summed E-state index contributed by atoms with van der Waals surface area (Å²) >= 11 is 0. The van der Waals surface area contributed by atoms with Crippen LogP contribution in [0, 0.1) is 17.3 Å². The largest absolute Gasteiger partial charge is 0.469 e. The number of ether oxygens (including phenoxy) is 1. The number of carbonyl (C=O) groups is 2. The smallest absolute Gasteiger partial charge is 0.308 e. The third kappa shape index (κ3) is 3.56. The second-order valence-electron chi connectivity index (χ2n) is 5.95. The van der Waals surface area contributed by atoms with Gasteiger partial charge in [0.1, 0.15) is 5.78 Å². The Balaban J connectivity index is 2.60. The SMILES string of the molecule is CCC1(CC(=O)C(C)C)CCC(C(=O)OC)CC1. The van der Waals surface area contributed by atoms with E-state index in [1.807, 2.05) is 13.8 Å². The molecular weight excluding hydrogens is 228 g/mol. The monoisotopic (exact) mass is 254 g/mol. The quantitative estimate of drug-likeness (QED) is 0.706. The molecule has 0 bridgehead atoms. The summed E-state index contributed by atoms with van der Waals surface area (Å²) in [6.07, 6.45) is 5.38. The topological polar surface area (TPSA) is 43.4 Å². The number of rotatable bonds is 5. The molecule has 3 nitrogen and oxygen atoms in total. The van der Waals surface area contributed by atoms with Gasteiger partial charge in [0.15, 0.2) is 0 Å². The minimum Gasteiger partial charge on any atom is -0.469 e. The summed E-state index contributed by atoms with van der Waals surface area (Å²) in [5.74, 6) is 0.429. The third-order valence-corrected chi connectivity index (χ3v) is 4.52. The highest BCUT2D eigenvalue weighted by Gasteiger charge is 2.38. The fourth-order valence-electron chi connectivity index (χ4n) is 2.86. The highest BCUT2D eigenvalue weighted by Crippen LogP contribution is 2.45. The van der Waals surface area contributed by atoms with Gasteiger partial charge in [-0.2, -0.15) is 0 Å². The van der Waals surface area contributed by atoms with Crippen LogP contribution in [0.4, 0.5) is 0 Å². The lowest BCUT2D eigenvalue weighted by molar-refractivity contribution is -0.147. The van der Waals surface area contributed by atoms with Crippen molar-refractivity contribution in [2.75, 3.05) is 7.11 Å². The lowest BCUT2D eigenvalue weighted by Gasteiger charge is -2.39. The predicted octanol–water partition coefficient (Wildman–Crippen LogP) is 3.36. The first-order chi connectivity index (χ1) is 8.44. The highest BCUT2D eigenvalue weighted by molar-refractivity contribution is 5.81. The number of Topliss-reactive ketones (excluding diaryl/α,β-unsaturated/α-hetero) is 1. The van der Waals surface area contributed by atoms with E-state index < -0.39 is 0 Å². The average Bonchev–Trinajstić information content (AvgIpc) is 2.38. The second kappa shape index (κ2) is 6.35. The van der Waals surface area contributed by atoms with Crippen LogP contribution in [0.3, 0.4) is 0 Å². The van der Waals surface area contributed by atoms with Gasteiger partial charge in [0.05, 0.1) is 13.0 Å².